The van der Waals surface area contributed by atoms with Gasteiger partial charge in [-0.2, -0.15) is 11.8 Å². The first-order chi connectivity index (χ1) is 10.1. The molecule has 2 aromatic rings. The Bertz CT molecular complexity index is 626. The van der Waals surface area contributed by atoms with Gasteiger partial charge < -0.3 is 10.6 Å². The maximum absolute atomic E-state index is 6.04. The number of aromatic nitrogens is 1. The summed E-state index contributed by atoms with van der Waals surface area (Å²) in [5.41, 5.74) is 8.40. The predicted octanol–water partition coefficient (Wildman–Crippen LogP) is 3.07. The molecule has 0 radical (unpaired) electrons. The average Bonchev–Trinajstić information content (AvgIpc) is 2.46. The Morgan fingerprint density at radius 3 is 3.00 bits per heavy atom. The highest BCUT2D eigenvalue weighted by molar-refractivity contribution is 8.00. The van der Waals surface area contributed by atoms with Crippen LogP contribution in [0, 0.1) is 0 Å². The number of hydrogen-bond acceptors (Lipinski definition) is 4. The fourth-order valence-corrected chi connectivity index (χ4v) is 3.94. The third-order valence-corrected chi connectivity index (χ3v) is 5.00. The minimum atomic E-state index is 0.156. The molecule has 1 aliphatic heterocycles. The van der Waals surface area contributed by atoms with Crippen LogP contribution in [0.5, 0.6) is 0 Å². The van der Waals surface area contributed by atoms with E-state index in [2.05, 4.69) is 49.1 Å². The number of hydrogen-bond donors (Lipinski definition) is 1. The van der Waals surface area contributed by atoms with Gasteiger partial charge in [0.15, 0.2) is 0 Å². The van der Waals surface area contributed by atoms with E-state index in [0.717, 1.165) is 30.8 Å². The zero-order valence-corrected chi connectivity index (χ0v) is 13.6. The lowest BCUT2D eigenvalue weighted by Gasteiger charge is -2.33. The molecule has 1 aromatic carbocycles. The predicted molar refractivity (Wildman–Crippen MR) is 93.2 cm³/mol. The second kappa shape index (κ2) is 6.24. The van der Waals surface area contributed by atoms with Crippen molar-refractivity contribution < 1.29 is 0 Å². The molecule has 3 rings (SSSR count). The van der Waals surface area contributed by atoms with Gasteiger partial charge >= 0.3 is 0 Å². The number of nitrogens with two attached hydrogens (primary N) is 1. The van der Waals surface area contributed by atoms with Crippen LogP contribution in [0.3, 0.4) is 0 Å². The summed E-state index contributed by atoms with van der Waals surface area (Å²) in [6, 6.07) is 10.8. The molecule has 3 nitrogen and oxygen atoms in total. The van der Waals surface area contributed by atoms with Gasteiger partial charge in [-0.1, -0.05) is 25.1 Å². The number of nitrogens with zero attached hydrogens (tertiary/aromatic N) is 2. The Hall–Kier alpha value is -1.26. The van der Waals surface area contributed by atoms with Crippen LogP contribution in [-0.2, 0) is 6.42 Å². The maximum Gasteiger partial charge on any atom is 0.132 e. The van der Waals surface area contributed by atoms with E-state index in [9.17, 15) is 0 Å². The van der Waals surface area contributed by atoms with Crippen LogP contribution in [-0.4, -0.2) is 35.1 Å². The molecule has 0 amide bonds. The highest BCUT2D eigenvalue weighted by Gasteiger charge is 2.21. The number of anilines is 1. The Labute approximate surface area is 130 Å². The second-order valence-electron chi connectivity index (χ2n) is 5.97. The van der Waals surface area contributed by atoms with E-state index in [-0.39, 0.29) is 6.04 Å². The number of benzene rings is 1. The SMILES string of the molecule is CC(N)Cc1cc2ccccc2nc1N1CCSC(C)C1. The minimum Gasteiger partial charge on any atom is -0.354 e. The van der Waals surface area contributed by atoms with E-state index in [0.29, 0.717) is 5.25 Å². The van der Waals surface area contributed by atoms with Crippen LogP contribution < -0.4 is 10.6 Å². The van der Waals surface area contributed by atoms with Gasteiger partial charge in [0.05, 0.1) is 5.52 Å². The summed E-state index contributed by atoms with van der Waals surface area (Å²) in [5.74, 6) is 2.31. The lowest BCUT2D eigenvalue weighted by molar-refractivity contribution is 0.719. The zero-order valence-electron chi connectivity index (χ0n) is 12.7. The first kappa shape index (κ1) is 14.7. The summed E-state index contributed by atoms with van der Waals surface area (Å²) in [4.78, 5) is 7.38. The Morgan fingerprint density at radius 2 is 2.24 bits per heavy atom. The average molecular weight is 301 g/mol. The molecule has 2 atom stereocenters. The summed E-state index contributed by atoms with van der Waals surface area (Å²) in [6.45, 7) is 6.50. The third kappa shape index (κ3) is 3.33. The summed E-state index contributed by atoms with van der Waals surface area (Å²) < 4.78 is 0. The highest BCUT2D eigenvalue weighted by atomic mass is 32.2. The van der Waals surface area contributed by atoms with Crippen LogP contribution in [0.4, 0.5) is 5.82 Å². The Kier molecular flexibility index (Phi) is 4.36. The van der Waals surface area contributed by atoms with Gasteiger partial charge in [0, 0.05) is 35.5 Å². The molecule has 0 saturated carbocycles. The van der Waals surface area contributed by atoms with E-state index >= 15 is 0 Å². The molecule has 2 N–H and O–H groups in total. The van der Waals surface area contributed by atoms with Crippen molar-refractivity contribution in [3.8, 4) is 0 Å². The van der Waals surface area contributed by atoms with Crippen molar-refractivity contribution in [1.82, 2.24) is 4.98 Å². The van der Waals surface area contributed by atoms with Gasteiger partial charge in [0.1, 0.15) is 5.82 Å². The van der Waals surface area contributed by atoms with Gasteiger partial charge in [-0.3, -0.25) is 0 Å². The minimum absolute atomic E-state index is 0.156. The smallest absolute Gasteiger partial charge is 0.132 e. The molecule has 0 aliphatic carbocycles. The summed E-state index contributed by atoms with van der Waals surface area (Å²) in [7, 11) is 0. The maximum atomic E-state index is 6.04. The molecule has 1 aliphatic rings. The zero-order chi connectivity index (χ0) is 14.8. The summed E-state index contributed by atoms with van der Waals surface area (Å²) >= 11 is 2.05. The fourth-order valence-electron chi connectivity index (χ4n) is 2.93. The van der Waals surface area contributed by atoms with Crippen LogP contribution in [0.15, 0.2) is 30.3 Å². The van der Waals surface area contributed by atoms with Gasteiger partial charge in [-0.15, -0.1) is 0 Å². The molecule has 1 aromatic heterocycles. The largest absolute Gasteiger partial charge is 0.354 e. The van der Waals surface area contributed by atoms with Crippen molar-refractivity contribution in [3.63, 3.8) is 0 Å². The van der Waals surface area contributed by atoms with Crippen LogP contribution in [0.2, 0.25) is 0 Å². The highest BCUT2D eigenvalue weighted by Crippen LogP contribution is 2.28. The van der Waals surface area contributed by atoms with E-state index in [1.54, 1.807) is 0 Å². The molecule has 2 heterocycles. The van der Waals surface area contributed by atoms with Gasteiger partial charge in [0.2, 0.25) is 0 Å². The van der Waals surface area contributed by atoms with E-state index in [1.165, 1.54) is 16.7 Å². The number of fused-ring (bicyclic) bond motifs is 1. The number of thioether (sulfide) groups is 1. The van der Waals surface area contributed by atoms with E-state index < -0.39 is 0 Å². The van der Waals surface area contributed by atoms with E-state index in [1.807, 2.05) is 11.8 Å². The summed E-state index contributed by atoms with van der Waals surface area (Å²) in [6.07, 6.45) is 0.880. The lowest BCUT2D eigenvalue weighted by atomic mass is 10.0. The topological polar surface area (TPSA) is 42.1 Å². The molecule has 112 valence electrons. The Morgan fingerprint density at radius 1 is 1.43 bits per heavy atom. The normalized spacial score (nSPS) is 20.7. The third-order valence-electron chi connectivity index (χ3n) is 3.86. The number of para-hydroxylation sites is 1. The molecule has 21 heavy (non-hydrogen) atoms. The molecule has 1 fully saturated rings. The number of rotatable bonds is 3. The van der Waals surface area contributed by atoms with Crippen molar-refractivity contribution in [2.75, 3.05) is 23.7 Å². The van der Waals surface area contributed by atoms with Crippen molar-refractivity contribution in [1.29, 1.82) is 0 Å². The molecule has 1 saturated heterocycles. The molecular formula is C17H23N3S. The van der Waals surface area contributed by atoms with Crippen LogP contribution >= 0.6 is 11.8 Å². The molecule has 0 spiro atoms. The monoisotopic (exact) mass is 301 g/mol. The molecule has 2 unspecified atom stereocenters. The molecule has 4 heteroatoms. The van der Waals surface area contributed by atoms with Gasteiger partial charge in [0.25, 0.3) is 0 Å². The van der Waals surface area contributed by atoms with Crippen LogP contribution in [0.1, 0.15) is 19.4 Å². The van der Waals surface area contributed by atoms with Gasteiger partial charge in [-0.05, 0) is 31.0 Å². The van der Waals surface area contributed by atoms with Crippen molar-refractivity contribution in [3.05, 3.63) is 35.9 Å². The van der Waals surface area contributed by atoms with Gasteiger partial charge in [-0.25, -0.2) is 4.98 Å². The molecular weight excluding hydrogens is 278 g/mol. The fraction of sp³-hybridized carbons (Fsp3) is 0.471. The quantitative estimate of drug-likeness (QED) is 0.946. The van der Waals surface area contributed by atoms with Crippen LogP contribution in [0.25, 0.3) is 10.9 Å². The van der Waals surface area contributed by atoms with Crippen molar-refractivity contribution >= 4 is 28.5 Å². The Balaban J connectivity index is 2.04. The standard InChI is InChI=1S/C17H23N3S/c1-12(18)9-15-10-14-5-3-4-6-16(14)19-17(15)20-7-8-21-13(2)11-20/h3-6,10,12-13H,7-9,11,18H2,1-2H3. The summed E-state index contributed by atoms with van der Waals surface area (Å²) in [5, 5.41) is 1.87. The first-order valence-corrected chi connectivity index (χ1v) is 8.69. The molecule has 0 bridgehead atoms. The van der Waals surface area contributed by atoms with Crippen molar-refractivity contribution in [2.45, 2.75) is 31.6 Å². The van der Waals surface area contributed by atoms with Crippen molar-refractivity contribution in [2.24, 2.45) is 5.73 Å². The number of pyridine rings is 1. The van der Waals surface area contributed by atoms with E-state index in [4.69, 9.17) is 10.7 Å². The second-order valence-corrected chi connectivity index (χ2v) is 7.52. The lowest BCUT2D eigenvalue weighted by Crippen LogP contribution is -2.38. The first-order valence-electron chi connectivity index (χ1n) is 7.64.